The number of esters is 1. The normalized spacial score (nSPS) is 9.17. The van der Waals surface area contributed by atoms with Crippen LogP contribution in [0.5, 0.6) is 0 Å². The Morgan fingerprint density at radius 3 is 2.17 bits per heavy atom. The second-order valence-electron chi connectivity index (χ2n) is 3.87. The van der Waals surface area contributed by atoms with Crippen molar-refractivity contribution >= 4 is 74.5 Å². The number of methoxy groups -OCH3 is 1. The maximum atomic E-state index is 11.0. The van der Waals surface area contributed by atoms with Crippen molar-refractivity contribution < 1.29 is 49.0 Å². The molecule has 0 aromatic carbocycles. The van der Waals surface area contributed by atoms with Crippen molar-refractivity contribution in [3.8, 4) is 0 Å². The van der Waals surface area contributed by atoms with Crippen molar-refractivity contribution in [1.82, 2.24) is 9.97 Å². The number of halogens is 3. The summed E-state index contributed by atoms with van der Waals surface area (Å²) in [5.74, 6) is -1.23. The molecule has 0 atom stereocenters. The van der Waals surface area contributed by atoms with Gasteiger partial charge in [0.2, 0.25) is 0 Å². The number of nitrogen functional groups attached to an aromatic ring is 1. The summed E-state index contributed by atoms with van der Waals surface area (Å²) >= 11 is 9.46. The number of carbonyl (C=O) groups is 2. The SMILES string of the molecule is COC(=O)c1cnc(N)c(I)c1.O=C([O-])c1cnc(Cl)c(I)c1.[Na+]. The first-order chi connectivity index (χ1) is 10.8. The molecule has 0 aliphatic rings. The minimum Gasteiger partial charge on any atom is -0.545 e. The molecule has 2 aromatic heterocycles. The molecule has 0 spiro atoms. The van der Waals surface area contributed by atoms with Gasteiger partial charge in [0, 0.05) is 18.0 Å². The summed E-state index contributed by atoms with van der Waals surface area (Å²) in [6.07, 6.45) is 2.56. The van der Waals surface area contributed by atoms with Crippen LogP contribution in [0.2, 0.25) is 5.15 Å². The van der Waals surface area contributed by atoms with Crippen LogP contribution >= 0.6 is 56.8 Å². The molecule has 0 aliphatic carbocycles. The number of pyridine rings is 2. The maximum absolute atomic E-state index is 11.0. The largest absolute Gasteiger partial charge is 1.00 e. The Hall–Kier alpha value is -0.210. The first-order valence-corrected chi connectivity index (χ1v) is 8.31. The second kappa shape index (κ2) is 11.4. The van der Waals surface area contributed by atoms with Gasteiger partial charge in [-0.2, -0.15) is 0 Å². The van der Waals surface area contributed by atoms with E-state index in [0.29, 0.717) is 20.1 Å². The number of nitrogens with zero attached hydrogens (tertiary/aromatic N) is 2. The molecule has 11 heteroatoms. The topological polar surface area (TPSA) is 118 Å². The van der Waals surface area contributed by atoms with Crippen LogP contribution in [0.15, 0.2) is 24.5 Å². The van der Waals surface area contributed by atoms with E-state index in [1.165, 1.54) is 25.6 Å². The smallest absolute Gasteiger partial charge is 0.545 e. The third-order valence-electron chi connectivity index (χ3n) is 2.32. The molecule has 0 amide bonds. The molecule has 2 N–H and O–H groups in total. The number of carboxylic acid groups (broad SMARTS) is 1. The van der Waals surface area contributed by atoms with Crippen molar-refractivity contribution in [1.29, 1.82) is 0 Å². The Morgan fingerprint density at radius 2 is 1.71 bits per heavy atom. The zero-order chi connectivity index (χ0) is 17.6. The molecule has 0 saturated carbocycles. The average molecular weight is 583 g/mol. The van der Waals surface area contributed by atoms with E-state index in [1.54, 1.807) is 6.07 Å². The van der Waals surface area contributed by atoms with Gasteiger partial charge in [-0.25, -0.2) is 14.8 Å². The third kappa shape index (κ3) is 7.35. The second-order valence-corrected chi connectivity index (χ2v) is 6.55. The molecule has 2 heterocycles. The number of rotatable bonds is 2. The van der Waals surface area contributed by atoms with E-state index in [2.05, 4.69) is 14.7 Å². The Balaban J connectivity index is 0.000000425. The molecular weight excluding hydrogens is 574 g/mol. The molecule has 0 aliphatic heterocycles. The molecule has 7 nitrogen and oxygen atoms in total. The summed E-state index contributed by atoms with van der Waals surface area (Å²) in [5, 5.41) is 10.6. The van der Waals surface area contributed by atoms with Gasteiger partial charge in [0.25, 0.3) is 0 Å². The number of ether oxygens (including phenoxy) is 1. The quantitative estimate of drug-likeness (QED) is 0.204. The van der Waals surface area contributed by atoms with E-state index < -0.39 is 11.9 Å². The van der Waals surface area contributed by atoms with Crippen LogP contribution in [0.1, 0.15) is 20.7 Å². The summed E-state index contributed by atoms with van der Waals surface area (Å²) in [7, 11) is 1.32. The fourth-order valence-corrected chi connectivity index (χ4v) is 2.26. The molecule has 122 valence electrons. The van der Waals surface area contributed by atoms with Crippen molar-refractivity contribution in [2.24, 2.45) is 0 Å². The number of aromatic nitrogens is 2. The molecule has 0 saturated heterocycles. The predicted octanol–water partition coefficient (Wildman–Crippen LogP) is -1.24. The molecule has 0 fully saturated rings. The Labute approximate surface area is 192 Å². The summed E-state index contributed by atoms with van der Waals surface area (Å²) in [5.41, 5.74) is 5.91. The molecule has 0 radical (unpaired) electrons. The van der Waals surface area contributed by atoms with Gasteiger partial charge in [-0.05, 0) is 57.3 Å². The van der Waals surface area contributed by atoms with Gasteiger partial charge in [-0.3, -0.25) is 0 Å². The van der Waals surface area contributed by atoms with E-state index in [1.807, 2.05) is 45.2 Å². The minimum atomic E-state index is -1.24. The van der Waals surface area contributed by atoms with E-state index >= 15 is 0 Å². The monoisotopic (exact) mass is 583 g/mol. The van der Waals surface area contributed by atoms with Gasteiger partial charge in [0.15, 0.2) is 0 Å². The van der Waals surface area contributed by atoms with Gasteiger partial charge < -0.3 is 20.4 Å². The maximum Gasteiger partial charge on any atom is 1.00 e. The summed E-state index contributed by atoms with van der Waals surface area (Å²) in [4.78, 5) is 28.7. The van der Waals surface area contributed by atoms with Crippen molar-refractivity contribution in [3.05, 3.63) is 47.9 Å². The first kappa shape index (κ1) is 23.8. The van der Waals surface area contributed by atoms with E-state index in [-0.39, 0.29) is 35.1 Å². The average Bonchev–Trinajstić information content (AvgIpc) is 2.52. The van der Waals surface area contributed by atoms with Crippen LogP contribution in [0, 0.1) is 7.14 Å². The first-order valence-electron chi connectivity index (χ1n) is 5.78. The third-order valence-corrected chi connectivity index (χ3v) is 4.63. The van der Waals surface area contributed by atoms with Crippen LogP contribution in [0.3, 0.4) is 0 Å². The number of hydrogen-bond donors (Lipinski definition) is 1. The van der Waals surface area contributed by atoms with Gasteiger partial charge in [-0.15, -0.1) is 0 Å². The minimum absolute atomic E-state index is 0. The van der Waals surface area contributed by atoms with Gasteiger partial charge >= 0.3 is 35.5 Å². The standard InChI is InChI=1S/C7H7IN2O2.C6H3ClINO2.Na/c1-12-7(11)4-2-5(8)6(9)10-3-4;7-5-4(8)1-3(2-9-5)6(10)11;/h2-3H,1H3,(H2,9,10);1-2H,(H,10,11);/q;;+1/p-1. The van der Waals surface area contributed by atoms with E-state index in [0.717, 1.165) is 3.57 Å². The van der Waals surface area contributed by atoms with Crippen LogP contribution in [0.25, 0.3) is 0 Å². The van der Waals surface area contributed by atoms with Crippen molar-refractivity contribution in [2.45, 2.75) is 0 Å². The molecule has 24 heavy (non-hydrogen) atoms. The summed E-state index contributed by atoms with van der Waals surface area (Å²) in [6, 6.07) is 3.04. The van der Waals surface area contributed by atoms with Crippen LogP contribution in [-0.2, 0) is 4.74 Å². The molecule has 2 rings (SSSR count). The number of hydrogen-bond acceptors (Lipinski definition) is 7. The molecule has 0 bridgehead atoms. The zero-order valence-corrected chi connectivity index (χ0v) is 19.6. The van der Waals surface area contributed by atoms with Gasteiger partial charge in [0.05, 0.1) is 25.8 Å². The zero-order valence-electron chi connectivity index (χ0n) is 12.5. The Bertz CT molecular complexity index is 749. The fourth-order valence-electron chi connectivity index (χ4n) is 1.21. The van der Waals surface area contributed by atoms with Crippen LogP contribution < -0.4 is 40.4 Å². The number of aromatic carboxylic acids is 1. The van der Waals surface area contributed by atoms with E-state index in [4.69, 9.17) is 17.3 Å². The predicted molar refractivity (Wildman–Crippen MR) is 99.0 cm³/mol. The molecular formula is C13H9ClI2N3NaO4. The summed E-state index contributed by atoms with van der Waals surface area (Å²) in [6.45, 7) is 0. The van der Waals surface area contributed by atoms with Crippen molar-refractivity contribution in [3.63, 3.8) is 0 Å². The fraction of sp³-hybridized carbons (Fsp3) is 0.0769. The van der Waals surface area contributed by atoms with Crippen LogP contribution in [-0.4, -0.2) is 29.0 Å². The molecule has 2 aromatic rings. The summed E-state index contributed by atoms with van der Waals surface area (Å²) < 4.78 is 5.86. The van der Waals surface area contributed by atoms with Crippen molar-refractivity contribution in [2.75, 3.05) is 12.8 Å². The van der Waals surface area contributed by atoms with E-state index in [9.17, 15) is 14.7 Å². The van der Waals surface area contributed by atoms with Gasteiger partial charge in [0.1, 0.15) is 11.0 Å². The molecule has 0 unspecified atom stereocenters. The number of carboxylic acids is 1. The van der Waals surface area contributed by atoms with Gasteiger partial charge in [-0.1, -0.05) is 11.6 Å². The number of carbonyl (C=O) groups excluding carboxylic acids is 2. The Kier molecular flexibility index (Phi) is 11.3. The Morgan fingerprint density at radius 1 is 1.17 bits per heavy atom. The van der Waals surface area contributed by atoms with Crippen LogP contribution in [0.4, 0.5) is 5.82 Å². The number of nitrogens with two attached hydrogens (primary N) is 1. The number of anilines is 1.